The molecule has 2 aromatic carbocycles. The number of anilines is 3. The second kappa shape index (κ2) is 11.1. The average molecular weight is 542 g/mol. The van der Waals surface area contributed by atoms with Crippen molar-refractivity contribution >= 4 is 23.1 Å². The van der Waals surface area contributed by atoms with Gasteiger partial charge < -0.3 is 30.5 Å². The summed E-state index contributed by atoms with van der Waals surface area (Å²) < 4.78 is 50.1. The zero-order chi connectivity index (χ0) is 27.6. The minimum Gasteiger partial charge on any atom is -0.378 e. The van der Waals surface area contributed by atoms with Crippen LogP contribution < -0.4 is 20.9 Å². The maximum absolute atomic E-state index is 15.1. The van der Waals surface area contributed by atoms with Crippen LogP contribution in [0.5, 0.6) is 0 Å². The molecule has 1 amide bonds. The molecule has 5 rings (SSSR count). The number of hydrogen-bond donors (Lipinski definition) is 3. The van der Waals surface area contributed by atoms with Crippen LogP contribution >= 0.6 is 0 Å². The van der Waals surface area contributed by atoms with E-state index in [1.165, 1.54) is 12.1 Å². The minimum atomic E-state index is -2.93. The maximum atomic E-state index is 15.1. The molecule has 9 nitrogen and oxygen atoms in total. The number of likely N-dealkylation sites (N-methyl/N-ethyl adjacent to an activating group) is 1. The number of alkyl halides is 2. The molecule has 0 bridgehead atoms. The van der Waals surface area contributed by atoms with Gasteiger partial charge in [0.05, 0.1) is 35.8 Å². The Morgan fingerprint density at radius 3 is 2.41 bits per heavy atom. The van der Waals surface area contributed by atoms with Crippen molar-refractivity contribution in [1.82, 2.24) is 20.2 Å². The fourth-order valence-corrected chi connectivity index (χ4v) is 4.54. The summed E-state index contributed by atoms with van der Waals surface area (Å²) in [6.07, 6.45) is -2.93. The van der Waals surface area contributed by atoms with Gasteiger partial charge in [-0.15, -0.1) is 0 Å². The fourth-order valence-electron chi connectivity index (χ4n) is 4.54. The van der Waals surface area contributed by atoms with E-state index in [0.717, 1.165) is 0 Å². The number of aromatic nitrogens is 2. The third-order valence-corrected chi connectivity index (χ3v) is 6.67. The number of ether oxygens (including phenoxy) is 1. The number of halogens is 3. The molecule has 1 aromatic heterocycles. The van der Waals surface area contributed by atoms with Crippen molar-refractivity contribution in [1.29, 1.82) is 0 Å². The molecule has 2 aliphatic heterocycles. The lowest BCUT2D eigenvalue weighted by Gasteiger charge is -2.32. The standard InChI is InChI=1S/C27H30F3N7O2/c1-36(2)10-9-31-24(38)18-8-7-17(15-19(18)28)22-16-23(37-11-13-39-14-12-37)33-26(32-22)27(25(29)30)34-20-5-3-4-6-21(20)35-27/h3-8,15-16,25,34-35H,9-14H2,1-2H3,(H,31,38). The van der Waals surface area contributed by atoms with Gasteiger partial charge in [-0.1, -0.05) is 18.2 Å². The number of carbonyl (C=O) groups excluding carboxylic acids is 1. The Labute approximate surface area is 224 Å². The van der Waals surface area contributed by atoms with Gasteiger partial charge in [0.25, 0.3) is 12.3 Å². The molecule has 206 valence electrons. The number of amides is 1. The summed E-state index contributed by atoms with van der Waals surface area (Å²) in [6.45, 7) is 2.92. The van der Waals surface area contributed by atoms with Crippen LogP contribution in [0.2, 0.25) is 0 Å². The first-order valence-corrected chi connectivity index (χ1v) is 12.7. The lowest BCUT2D eigenvalue weighted by atomic mass is 10.1. The van der Waals surface area contributed by atoms with Crippen molar-refractivity contribution < 1.29 is 22.7 Å². The third kappa shape index (κ3) is 5.48. The van der Waals surface area contributed by atoms with E-state index in [2.05, 4.69) is 25.9 Å². The van der Waals surface area contributed by atoms with Crippen LogP contribution in [-0.2, 0) is 10.4 Å². The Kier molecular flexibility index (Phi) is 7.58. The van der Waals surface area contributed by atoms with E-state index >= 15 is 4.39 Å². The molecule has 3 N–H and O–H groups in total. The van der Waals surface area contributed by atoms with E-state index in [1.807, 2.05) is 23.9 Å². The Hall–Kier alpha value is -3.90. The van der Waals surface area contributed by atoms with E-state index in [4.69, 9.17) is 4.74 Å². The van der Waals surface area contributed by atoms with Gasteiger partial charge in [0.15, 0.2) is 5.82 Å². The molecule has 3 heterocycles. The average Bonchev–Trinajstić information content (AvgIpc) is 3.34. The predicted molar refractivity (Wildman–Crippen MR) is 143 cm³/mol. The van der Waals surface area contributed by atoms with Crippen molar-refractivity contribution in [3.8, 4) is 11.3 Å². The highest BCUT2D eigenvalue weighted by Gasteiger charge is 2.49. The molecular formula is C27H30F3N7O2. The number of nitrogens with one attached hydrogen (secondary N) is 3. The molecule has 0 radical (unpaired) electrons. The Bertz CT molecular complexity index is 1320. The molecule has 12 heteroatoms. The number of benzene rings is 2. The van der Waals surface area contributed by atoms with Crippen molar-refractivity contribution in [2.75, 3.05) is 69.0 Å². The molecule has 0 spiro atoms. The van der Waals surface area contributed by atoms with Gasteiger partial charge in [-0.2, -0.15) is 0 Å². The first kappa shape index (κ1) is 26.7. The Morgan fingerprint density at radius 2 is 1.79 bits per heavy atom. The van der Waals surface area contributed by atoms with Crippen molar-refractivity contribution in [2.45, 2.75) is 12.1 Å². The summed E-state index contributed by atoms with van der Waals surface area (Å²) in [5.74, 6) is -1.04. The summed E-state index contributed by atoms with van der Waals surface area (Å²) >= 11 is 0. The van der Waals surface area contributed by atoms with Crippen LogP contribution in [0.3, 0.4) is 0 Å². The number of hydrogen-bond acceptors (Lipinski definition) is 8. The third-order valence-electron chi connectivity index (χ3n) is 6.67. The summed E-state index contributed by atoms with van der Waals surface area (Å²) in [4.78, 5) is 25.4. The topological polar surface area (TPSA) is 94.7 Å². The molecule has 1 fully saturated rings. The molecule has 2 aliphatic rings. The normalized spacial score (nSPS) is 16.1. The van der Waals surface area contributed by atoms with Gasteiger partial charge in [-0.05, 0) is 38.4 Å². The highest BCUT2D eigenvalue weighted by atomic mass is 19.3. The molecule has 0 unspecified atom stereocenters. The summed E-state index contributed by atoms with van der Waals surface area (Å²) in [5.41, 5.74) is -0.634. The number of carbonyl (C=O) groups is 1. The quantitative estimate of drug-likeness (QED) is 0.400. The van der Waals surface area contributed by atoms with Gasteiger partial charge in [-0.25, -0.2) is 23.1 Å². The first-order valence-electron chi connectivity index (χ1n) is 12.7. The second-order valence-electron chi connectivity index (χ2n) is 9.69. The predicted octanol–water partition coefficient (Wildman–Crippen LogP) is 3.37. The summed E-state index contributed by atoms with van der Waals surface area (Å²) in [6, 6.07) is 12.6. The van der Waals surface area contributed by atoms with Crippen LogP contribution in [0.25, 0.3) is 11.3 Å². The smallest absolute Gasteiger partial charge is 0.286 e. The van der Waals surface area contributed by atoms with Gasteiger partial charge in [0, 0.05) is 37.8 Å². The molecule has 0 atom stereocenters. The van der Waals surface area contributed by atoms with Crippen LogP contribution in [0.4, 0.5) is 30.4 Å². The molecule has 1 saturated heterocycles. The SMILES string of the molecule is CN(C)CCNC(=O)c1ccc(-c2cc(N3CCOCC3)nc(C3(C(F)F)Nc4ccccc4N3)n2)cc1F. The van der Waals surface area contributed by atoms with Gasteiger partial charge >= 0.3 is 0 Å². The van der Waals surface area contributed by atoms with E-state index in [-0.39, 0.29) is 17.1 Å². The van der Waals surface area contributed by atoms with Gasteiger partial charge in [-0.3, -0.25) is 4.79 Å². The van der Waals surface area contributed by atoms with Crippen molar-refractivity contribution in [3.63, 3.8) is 0 Å². The van der Waals surface area contributed by atoms with Gasteiger partial charge in [0.1, 0.15) is 11.6 Å². The number of nitrogens with zero attached hydrogens (tertiary/aromatic N) is 4. The highest BCUT2D eigenvalue weighted by molar-refractivity contribution is 5.95. The lowest BCUT2D eigenvalue weighted by molar-refractivity contribution is 0.0771. The zero-order valence-corrected chi connectivity index (χ0v) is 21.7. The Morgan fingerprint density at radius 1 is 1.10 bits per heavy atom. The van der Waals surface area contributed by atoms with Crippen LogP contribution in [-0.4, -0.2) is 80.7 Å². The second-order valence-corrected chi connectivity index (χ2v) is 9.69. The van der Waals surface area contributed by atoms with Crippen LogP contribution in [0.15, 0.2) is 48.5 Å². The number of morpholine rings is 1. The van der Waals surface area contributed by atoms with Crippen LogP contribution in [0.1, 0.15) is 16.2 Å². The summed E-state index contributed by atoms with van der Waals surface area (Å²) in [5, 5.41) is 8.44. The van der Waals surface area contributed by atoms with E-state index in [1.54, 1.807) is 36.4 Å². The molecule has 3 aromatic rings. The number of para-hydroxylation sites is 2. The molecule has 0 aliphatic carbocycles. The molecule has 39 heavy (non-hydrogen) atoms. The van der Waals surface area contributed by atoms with Crippen molar-refractivity contribution in [3.05, 3.63) is 65.7 Å². The monoisotopic (exact) mass is 541 g/mol. The Balaban J connectivity index is 1.53. The number of rotatable bonds is 8. The largest absolute Gasteiger partial charge is 0.378 e. The molecular weight excluding hydrogens is 511 g/mol. The lowest BCUT2D eigenvalue weighted by Crippen LogP contribution is -2.48. The molecule has 0 saturated carbocycles. The van der Waals surface area contributed by atoms with Gasteiger partial charge in [0.2, 0.25) is 5.66 Å². The van der Waals surface area contributed by atoms with E-state index < -0.39 is 23.8 Å². The van der Waals surface area contributed by atoms with Crippen molar-refractivity contribution in [2.24, 2.45) is 0 Å². The van der Waals surface area contributed by atoms with Crippen LogP contribution in [0, 0.1) is 5.82 Å². The number of fused-ring (bicyclic) bond motifs is 1. The van der Waals surface area contributed by atoms with E-state index in [0.29, 0.717) is 62.1 Å². The minimum absolute atomic E-state index is 0.112. The van der Waals surface area contributed by atoms with E-state index in [9.17, 15) is 13.6 Å². The summed E-state index contributed by atoms with van der Waals surface area (Å²) in [7, 11) is 3.74. The highest BCUT2D eigenvalue weighted by Crippen LogP contribution is 2.42. The first-order chi connectivity index (χ1) is 18.8. The maximum Gasteiger partial charge on any atom is 0.286 e. The fraction of sp³-hybridized carbons (Fsp3) is 0.370. The zero-order valence-electron chi connectivity index (χ0n) is 21.7.